The van der Waals surface area contributed by atoms with E-state index in [-0.39, 0.29) is 0 Å². The summed E-state index contributed by atoms with van der Waals surface area (Å²) in [5.41, 5.74) is 2.92. The van der Waals surface area contributed by atoms with Crippen molar-refractivity contribution in [3.8, 4) is 11.5 Å². The van der Waals surface area contributed by atoms with E-state index < -0.39 is 0 Å². The van der Waals surface area contributed by atoms with Crippen LogP contribution in [-0.4, -0.2) is 16.9 Å². The van der Waals surface area contributed by atoms with Crippen LogP contribution in [0.2, 0.25) is 5.02 Å². The molecule has 20 heavy (non-hydrogen) atoms. The number of methoxy groups -OCH3 is 1. The normalized spacial score (nSPS) is 10.7. The minimum atomic E-state index is 0.426. The largest absolute Gasteiger partial charge is 0.493 e. The number of alkyl halides is 1. The van der Waals surface area contributed by atoms with Crippen molar-refractivity contribution in [1.82, 2.24) is 9.78 Å². The third-order valence-electron chi connectivity index (χ3n) is 2.92. The first-order valence-corrected chi connectivity index (χ1v) is 7.59. The van der Waals surface area contributed by atoms with Crippen molar-refractivity contribution in [3.05, 3.63) is 40.2 Å². The average molecular weight is 360 g/mol. The molecule has 0 aliphatic heterocycles. The van der Waals surface area contributed by atoms with Crippen molar-refractivity contribution in [2.24, 2.45) is 7.05 Å². The molecule has 0 spiro atoms. The van der Waals surface area contributed by atoms with Gasteiger partial charge in [0.25, 0.3) is 0 Å². The average Bonchev–Trinajstić information content (AvgIpc) is 2.74. The van der Waals surface area contributed by atoms with Gasteiger partial charge in [-0.3, -0.25) is 4.68 Å². The summed E-state index contributed by atoms with van der Waals surface area (Å²) in [6.07, 6.45) is 0. The molecule has 0 aliphatic rings. The minimum Gasteiger partial charge on any atom is -0.493 e. The first kappa shape index (κ1) is 15.2. The second-order valence-electron chi connectivity index (χ2n) is 4.42. The minimum absolute atomic E-state index is 0.426. The van der Waals surface area contributed by atoms with E-state index in [1.807, 2.05) is 30.8 Å². The summed E-state index contributed by atoms with van der Waals surface area (Å²) >= 11 is 9.49. The smallest absolute Gasteiger partial charge is 0.165 e. The second-order valence-corrected chi connectivity index (χ2v) is 5.42. The van der Waals surface area contributed by atoms with Crippen LogP contribution in [-0.2, 0) is 19.0 Å². The molecule has 0 unspecified atom stereocenters. The van der Waals surface area contributed by atoms with Gasteiger partial charge >= 0.3 is 0 Å². The maximum Gasteiger partial charge on any atom is 0.165 e. The van der Waals surface area contributed by atoms with E-state index in [0.717, 1.165) is 17.0 Å². The van der Waals surface area contributed by atoms with Crippen LogP contribution in [0.1, 0.15) is 17.0 Å². The number of halogens is 2. The summed E-state index contributed by atoms with van der Waals surface area (Å²) < 4.78 is 13.1. The molecule has 0 atom stereocenters. The predicted molar refractivity (Wildman–Crippen MR) is 82.9 cm³/mol. The number of rotatable bonds is 5. The van der Waals surface area contributed by atoms with Crippen molar-refractivity contribution in [3.63, 3.8) is 0 Å². The first-order valence-electron chi connectivity index (χ1n) is 6.09. The van der Waals surface area contributed by atoms with Gasteiger partial charge in [-0.1, -0.05) is 27.5 Å². The third-order valence-corrected chi connectivity index (χ3v) is 3.75. The predicted octanol–water partition coefficient (Wildman–Crippen LogP) is 3.86. The van der Waals surface area contributed by atoms with Gasteiger partial charge in [-0.25, -0.2) is 0 Å². The number of aryl methyl sites for hydroxylation is 2. The quantitative estimate of drug-likeness (QED) is 0.761. The number of hydrogen-bond acceptors (Lipinski definition) is 3. The summed E-state index contributed by atoms with van der Waals surface area (Å²) in [6, 6.07) is 5.61. The van der Waals surface area contributed by atoms with E-state index >= 15 is 0 Å². The number of benzene rings is 1. The molecule has 2 rings (SSSR count). The number of aromatic nitrogens is 2. The highest BCUT2D eigenvalue weighted by molar-refractivity contribution is 9.08. The van der Waals surface area contributed by atoms with Crippen LogP contribution in [0.15, 0.2) is 18.2 Å². The van der Waals surface area contributed by atoms with Crippen LogP contribution >= 0.6 is 27.5 Å². The molecule has 1 aromatic carbocycles. The topological polar surface area (TPSA) is 36.3 Å². The van der Waals surface area contributed by atoms with Crippen LogP contribution in [0.3, 0.4) is 0 Å². The Hall–Kier alpha value is -1.20. The Kier molecular flexibility index (Phi) is 4.94. The van der Waals surface area contributed by atoms with Crippen LogP contribution in [0.4, 0.5) is 0 Å². The van der Waals surface area contributed by atoms with E-state index in [4.69, 9.17) is 21.1 Å². The highest BCUT2D eigenvalue weighted by Gasteiger charge is 2.13. The standard InChI is InChI=1S/C14H16BrClN2O2/c1-9-4-12(18(2)17-9)8-20-14-10(7-15)5-11(16)6-13(14)19-3/h4-6H,7-8H2,1-3H3. The highest BCUT2D eigenvalue weighted by Crippen LogP contribution is 2.36. The fourth-order valence-electron chi connectivity index (χ4n) is 1.98. The Morgan fingerprint density at radius 3 is 2.65 bits per heavy atom. The SMILES string of the molecule is COc1cc(Cl)cc(CBr)c1OCc1cc(C)nn1C. The zero-order chi connectivity index (χ0) is 14.7. The fourth-order valence-corrected chi connectivity index (χ4v) is 2.63. The molecule has 108 valence electrons. The lowest BCUT2D eigenvalue weighted by Crippen LogP contribution is -2.05. The summed E-state index contributed by atoms with van der Waals surface area (Å²) in [5, 5.41) is 5.57. The molecule has 0 amide bonds. The number of hydrogen-bond donors (Lipinski definition) is 0. The zero-order valence-corrected chi connectivity index (χ0v) is 14.0. The van der Waals surface area contributed by atoms with Gasteiger partial charge in [-0.15, -0.1) is 0 Å². The molecule has 0 N–H and O–H groups in total. The lowest BCUT2D eigenvalue weighted by atomic mass is 10.2. The third kappa shape index (κ3) is 3.27. The Labute approximate surface area is 131 Å². The molecule has 1 aromatic heterocycles. The Morgan fingerprint density at radius 2 is 2.10 bits per heavy atom. The van der Waals surface area contributed by atoms with E-state index in [1.165, 1.54) is 0 Å². The maximum absolute atomic E-state index is 6.05. The molecule has 0 bridgehead atoms. The summed E-state index contributed by atoms with van der Waals surface area (Å²) in [5.74, 6) is 1.33. The van der Waals surface area contributed by atoms with Crippen LogP contribution in [0.25, 0.3) is 0 Å². The van der Waals surface area contributed by atoms with Crippen LogP contribution < -0.4 is 9.47 Å². The van der Waals surface area contributed by atoms with Crippen molar-refractivity contribution < 1.29 is 9.47 Å². The summed E-state index contributed by atoms with van der Waals surface area (Å²) in [6.45, 7) is 2.38. The molecular weight excluding hydrogens is 344 g/mol. The molecule has 0 fully saturated rings. The maximum atomic E-state index is 6.05. The van der Waals surface area contributed by atoms with Gasteiger partial charge in [0, 0.05) is 29.0 Å². The van der Waals surface area contributed by atoms with Crippen LogP contribution in [0, 0.1) is 6.92 Å². The lowest BCUT2D eigenvalue weighted by Gasteiger charge is -2.14. The zero-order valence-electron chi connectivity index (χ0n) is 11.6. The molecule has 0 saturated carbocycles. The summed E-state index contributed by atoms with van der Waals surface area (Å²) in [4.78, 5) is 0. The van der Waals surface area contributed by atoms with E-state index in [2.05, 4.69) is 21.0 Å². The fraction of sp³-hybridized carbons (Fsp3) is 0.357. The molecular formula is C14H16BrClN2O2. The molecule has 2 aromatic rings. The van der Waals surface area contributed by atoms with E-state index in [9.17, 15) is 0 Å². The molecule has 4 nitrogen and oxygen atoms in total. The van der Waals surface area contributed by atoms with Gasteiger partial charge in [0.05, 0.1) is 18.5 Å². The Balaban J connectivity index is 2.26. The number of nitrogens with zero attached hydrogens (tertiary/aromatic N) is 2. The monoisotopic (exact) mass is 358 g/mol. The molecule has 6 heteroatoms. The van der Waals surface area contributed by atoms with Gasteiger partial charge in [-0.05, 0) is 19.1 Å². The van der Waals surface area contributed by atoms with Gasteiger partial charge in [-0.2, -0.15) is 5.10 Å². The highest BCUT2D eigenvalue weighted by atomic mass is 79.9. The van der Waals surface area contributed by atoms with Gasteiger partial charge < -0.3 is 9.47 Å². The van der Waals surface area contributed by atoms with Crippen molar-refractivity contribution in [2.45, 2.75) is 18.9 Å². The number of ether oxygens (including phenoxy) is 2. The Morgan fingerprint density at radius 1 is 1.35 bits per heavy atom. The van der Waals surface area contributed by atoms with Gasteiger partial charge in [0.15, 0.2) is 11.5 Å². The molecule has 0 aliphatic carbocycles. The van der Waals surface area contributed by atoms with E-state index in [1.54, 1.807) is 13.2 Å². The molecule has 0 radical (unpaired) electrons. The lowest BCUT2D eigenvalue weighted by molar-refractivity contribution is 0.273. The summed E-state index contributed by atoms with van der Waals surface area (Å²) in [7, 11) is 3.50. The van der Waals surface area contributed by atoms with Crippen molar-refractivity contribution >= 4 is 27.5 Å². The van der Waals surface area contributed by atoms with Gasteiger partial charge in [0.2, 0.25) is 0 Å². The van der Waals surface area contributed by atoms with Crippen molar-refractivity contribution in [2.75, 3.05) is 7.11 Å². The van der Waals surface area contributed by atoms with Crippen molar-refractivity contribution in [1.29, 1.82) is 0 Å². The Bertz CT molecular complexity index is 588. The molecule has 1 heterocycles. The van der Waals surface area contributed by atoms with Crippen LogP contribution in [0.5, 0.6) is 11.5 Å². The first-order chi connectivity index (χ1) is 9.55. The van der Waals surface area contributed by atoms with E-state index in [0.29, 0.717) is 28.5 Å². The second kappa shape index (κ2) is 6.50. The van der Waals surface area contributed by atoms with Gasteiger partial charge in [0.1, 0.15) is 6.61 Å². The molecule has 0 saturated heterocycles.